The van der Waals surface area contributed by atoms with Crippen LogP contribution in [0.3, 0.4) is 0 Å². The third kappa shape index (κ3) is 2.17. The number of phenolic OH excluding ortho intramolecular Hbond substituents is 1. The summed E-state index contributed by atoms with van der Waals surface area (Å²) in [7, 11) is 0. The third-order valence-corrected chi connectivity index (χ3v) is 3.98. The summed E-state index contributed by atoms with van der Waals surface area (Å²) in [6.07, 6.45) is 1.15. The lowest BCUT2D eigenvalue weighted by molar-refractivity contribution is 0.476. The van der Waals surface area contributed by atoms with Gasteiger partial charge in [-0.15, -0.1) is 0 Å². The second kappa shape index (κ2) is 4.58. The summed E-state index contributed by atoms with van der Waals surface area (Å²) >= 11 is 0. The number of phenols is 1. The fraction of sp³-hybridized carbons (Fsp3) is 0.222. The first-order valence-corrected chi connectivity index (χ1v) is 6.84. The molecule has 0 saturated heterocycles. The zero-order valence-corrected chi connectivity index (χ0v) is 11.4. The van der Waals surface area contributed by atoms with Gasteiger partial charge in [0, 0.05) is 0 Å². The topological polar surface area (TPSA) is 20.2 Å². The number of hydrogen-bond acceptors (Lipinski definition) is 1. The normalized spacial score (nSPS) is 12.9. The molecule has 0 aliphatic carbocycles. The van der Waals surface area contributed by atoms with Crippen molar-refractivity contribution in [3.8, 4) is 5.75 Å². The fourth-order valence-corrected chi connectivity index (χ4v) is 2.55. The Bertz CT molecular complexity index is 743. The first-order valence-electron chi connectivity index (χ1n) is 6.84. The van der Waals surface area contributed by atoms with E-state index in [1.807, 2.05) is 12.1 Å². The van der Waals surface area contributed by atoms with Crippen molar-refractivity contribution in [2.24, 2.45) is 0 Å². The van der Waals surface area contributed by atoms with Crippen LogP contribution in [-0.2, 0) is 0 Å². The third-order valence-electron chi connectivity index (χ3n) is 3.98. The van der Waals surface area contributed by atoms with Crippen LogP contribution in [0.2, 0.25) is 0 Å². The van der Waals surface area contributed by atoms with Gasteiger partial charge in [-0.05, 0) is 63.7 Å². The largest absolute Gasteiger partial charge is 0.508 e. The van der Waals surface area contributed by atoms with E-state index in [0.29, 0.717) is 11.7 Å². The predicted molar refractivity (Wildman–Crippen MR) is 81.8 cm³/mol. The Hall–Kier alpha value is -2.02. The highest BCUT2D eigenvalue weighted by Crippen LogP contribution is 2.28. The summed E-state index contributed by atoms with van der Waals surface area (Å²) in [5, 5.41) is 14.3. The van der Waals surface area contributed by atoms with E-state index >= 15 is 0 Å². The highest BCUT2D eigenvalue weighted by molar-refractivity contribution is 5.98. The molecule has 0 heterocycles. The first-order chi connectivity index (χ1) is 9.17. The molecule has 0 fully saturated rings. The van der Waals surface area contributed by atoms with Crippen LogP contribution in [0.1, 0.15) is 31.7 Å². The highest BCUT2D eigenvalue weighted by atomic mass is 16.3. The number of fused-ring (bicyclic) bond motifs is 2. The molecule has 1 unspecified atom stereocenters. The molecule has 3 aromatic rings. The van der Waals surface area contributed by atoms with E-state index in [9.17, 15) is 5.11 Å². The summed E-state index contributed by atoms with van der Waals surface area (Å²) in [6, 6.07) is 16.6. The predicted octanol–water partition coefficient (Wildman–Crippen LogP) is 5.21. The molecule has 3 aromatic carbocycles. The van der Waals surface area contributed by atoms with E-state index in [4.69, 9.17) is 0 Å². The quantitative estimate of drug-likeness (QED) is 0.619. The Labute approximate surface area is 113 Å². The van der Waals surface area contributed by atoms with Crippen molar-refractivity contribution in [1.29, 1.82) is 0 Å². The number of rotatable bonds is 2. The van der Waals surface area contributed by atoms with Crippen LogP contribution in [0.15, 0.2) is 48.5 Å². The van der Waals surface area contributed by atoms with Crippen molar-refractivity contribution in [3.63, 3.8) is 0 Å². The van der Waals surface area contributed by atoms with Gasteiger partial charge in [-0.3, -0.25) is 0 Å². The molecule has 0 bridgehead atoms. The van der Waals surface area contributed by atoms with Crippen LogP contribution >= 0.6 is 0 Å². The molecular weight excluding hydrogens is 232 g/mol. The average molecular weight is 250 g/mol. The molecule has 1 nitrogen and oxygen atoms in total. The summed E-state index contributed by atoms with van der Waals surface area (Å²) in [5.41, 5.74) is 1.38. The van der Waals surface area contributed by atoms with Crippen molar-refractivity contribution >= 4 is 21.5 Å². The van der Waals surface area contributed by atoms with Crippen LogP contribution in [-0.4, -0.2) is 5.11 Å². The molecule has 0 aliphatic rings. The lowest BCUT2D eigenvalue weighted by Gasteiger charge is -2.11. The van der Waals surface area contributed by atoms with Crippen molar-refractivity contribution in [2.75, 3.05) is 0 Å². The van der Waals surface area contributed by atoms with Crippen molar-refractivity contribution in [1.82, 2.24) is 0 Å². The van der Waals surface area contributed by atoms with Crippen molar-refractivity contribution in [3.05, 3.63) is 54.1 Å². The summed E-state index contributed by atoms with van der Waals surface area (Å²) in [6.45, 7) is 4.47. The van der Waals surface area contributed by atoms with E-state index in [0.717, 1.165) is 11.8 Å². The van der Waals surface area contributed by atoms with E-state index in [-0.39, 0.29) is 0 Å². The summed E-state index contributed by atoms with van der Waals surface area (Å²) < 4.78 is 0. The second-order valence-corrected chi connectivity index (χ2v) is 5.30. The minimum Gasteiger partial charge on any atom is -0.508 e. The molecule has 0 amide bonds. The zero-order chi connectivity index (χ0) is 13.4. The monoisotopic (exact) mass is 250 g/mol. The van der Waals surface area contributed by atoms with Gasteiger partial charge >= 0.3 is 0 Å². The fourth-order valence-electron chi connectivity index (χ4n) is 2.55. The van der Waals surface area contributed by atoms with Gasteiger partial charge in [0.05, 0.1) is 0 Å². The van der Waals surface area contributed by atoms with Crippen molar-refractivity contribution < 1.29 is 5.11 Å². The molecule has 0 saturated carbocycles. The lowest BCUT2D eigenvalue weighted by Crippen LogP contribution is -1.90. The number of hydrogen-bond donors (Lipinski definition) is 1. The molecule has 1 N–H and O–H groups in total. The van der Waals surface area contributed by atoms with Gasteiger partial charge < -0.3 is 5.11 Å². The van der Waals surface area contributed by atoms with Crippen LogP contribution in [0, 0.1) is 0 Å². The van der Waals surface area contributed by atoms with Gasteiger partial charge in [0.1, 0.15) is 5.75 Å². The SMILES string of the molecule is CCC(C)c1ccc2cc3ccc(O)cc3cc2c1. The summed E-state index contributed by atoms with van der Waals surface area (Å²) in [4.78, 5) is 0. The van der Waals surface area contributed by atoms with Gasteiger partial charge in [0.25, 0.3) is 0 Å². The maximum absolute atomic E-state index is 9.58. The molecule has 19 heavy (non-hydrogen) atoms. The maximum atomic E-state index is 9.58. The van der Waals surface area contributed by atoms with Crippen LogP contribution in [0.5, 0.6) is 5.75 Å². The molecule has 0 aliphatic heterocycles. The van der Waals surface area contributed by atoms with Crippen LogP contribution < -0.4 is 0 Å². The van der Waals surface area contributed by atoms with E-state index in [1.165, 1.54) is 21.7 Å². The molecule has 1 heteroatoms. The first kappa shape index (κ1) is 12.0. The molecule has 96 valence electrons. The Morgan fingerprint density at radius 3 is 2.21 bits per heavy atom. The van der Waals surface area contributed by atoms with E-state index in [2.05, 4.69) is 44.2 Å². The lowest BCUT2D eigenvalue weighted by atomic mass is 9.94. The minimum absolute atomic E-state index is 0.324. The van der Waals surface area contributed by atoms with Gasteiger partial charge in [-0.1, -0.05) is 38.1 Å². The Balaban J connectivity index is 2.24. The average Bonchev–Trinajstić information content (AvgIpc) is 2.43. The van der Waals surface area contributed by atoms with Crippen LogP contribution in [0.25, 0.3) is 21.5 Å². The zero-order valence-electron chi connectivity index (χ0n) is 11.4. The van der Waals surface area contributed by atoms with Gasteiger partial charge in [0.2, 0.25) is 0 Å². The van der Waals surface area contributed by atoms with E-state index < -0.39 is 0 Å². The Morgan fingerprint density at radius 1 is 0.842 bits per heavy atom. The van der Waals surface area contributed by atoms with Gasteiger partial charge in [0.15, 0.2) is 0 Å². The second-order valence-electron chi connectivity index (χ2n) is 5.30. The molecule has 3 rings (SSSR count). The number of benzene rings is 3. The molecule has 1 atom stereocenters. The van der Waals surface area contributed by atoms with Crippen LogP contribution in [0.4, 0.5) is 0 Å². The van der Waals surface area contributed by atoms with E-state index in [1.54, 1.807) is 6.07 Å². The maximum Gasteiger partial charge on any atom is 0.116 e. The van der Waals surface area contributed by atoms with Gasteiger partial charge in [-0.2, -0.15) is 0 Å². The molecular formula is C18H18O. The smallest absolute Gasteiger partial charge is 0.116 e. The van der Waals surface area contributed by atoms with Gasteiger partial charge in [-0.25, -0.2) is 0 Å². The number of aromatic hydroxyl groups is 1. The minimum atomic E-state index is 0.324. The molecule has 0 aromatic heterocycles. The summed E-state index contributed by atoms with van der Waals surface area (Å²) in [5.74, 6) is 0.911. The highest BCUT2D eigenvalue weighted by Gasteiger charge is 2.05. The molecule has 0 radical (unpaired) electrons. The Kier molecular flexibility index (Phi) is 2.90. The van der Waals surface area contributed by atoms with Crippen molar-refractivity contribution in [2.45, 2.75) is 26.2 Å². The standard InChI is InChI=1S/C18H18O/c1-3-12(2)13-4-5-14-9-15-6-7-18(19)11-17(15)10-16(14)8-13/h4-12,19H,3H2,1-2H3. The Morgan fingerprint density at radius 2 is 1.47 bits per heavy atom. The molecule has 0 spiro atoms.